The summed E-state index contributed by atoms with van der Waals surface area (Å²) in [4.78, 5) is 24.5. The number of nitrogens with zero attached hydrogens (tertiary/aromatic N) is 2. The average Bonchev–Trinajstić information content (AvgIpc) is 3.35. The molecule has 0 saturated carbocycles. The number of thiophene rings is 1. The number of rotatable bonds is 2. The van der Waals surface area contributed by atoms with Crippen molar-refractivity contribution in [1.82, 2.24) is 4.57 Å². The van der Waals surface area contributed by atoms with Crippen LogP contribution >= 0.6 is 11.3 Å². The molecule has 0 radical (unpaired) electrons. The molecule has 0 spiro atoms. The Balaban J connectivity index is 1.99. The summed E-state index contributed by atoms with van der Waals surface area (Å²) in [6, 6.07) is 11.0. The van der Waals surface area contributed by atoms with E-state index in [1.54, 1.807) is 19.1 Å². The van der Waals surface area contributed by atoms with Gasteiger partial charge in [-0.1, -0.05) is 6.07 Å². The second-order valence-corrected chi connectivity index (χ2v) is 7.51. The zero-order chi connectivity index (χ0) is 20.8. The van der Waals surface area contributed by atoms with Crippen molar-refractivity contribution in [3.63, 3.8) is 0 Å². The molecule has 0 bridgehead atoms. The van der Waals surface area contributed by atoms with Gasteiger partial charge in [0.05, 0.1) is 11.4 Å². The van der Waals surface area contributed by atoms with Gasteiger partial charge in [0.2, 0.25) is 0 Å². The normalized spacial score (nSPS) is 18.4. The molecular weight excluding hydrogens is 397 g/mol. The lowest BCUT2D eigenvalue weighted by atomic mass is 9.90. The van der Waals surface area contributed by atoms with Crippen molar-refractivity contribution in [1.29, 1.82) is 5.26 Å². The number of amides is 1. The lowest BCUT2D eigenvalue weighted by Crippen LogP contribution is -2.27. The standard InChI is InChI=1S/C20H14FN3O4S/c1-20(16-3-2-6-29-16)13-7-11(8-14(21)18(13)23-17(25)10-28-20)15-5-4-12(9-22)24(15)19(26)27/h2-8H,10H2,1H3,(H,23,25)(H,26,27). The summed E-state index contributed by atoms with van der Waals surface area (Å²) in [5.41, 5.74) is -0.488. The molecule has 1 aliphatic heterocycles. The maximum atomic E-state index is 15.1. The fraction of sp³-hybridized carbons (Fsp3) is 0.150. The highest BCUT2D eigenvalue weighted by Crippen LogP contribution is 2.44. The minimum atomic E-state index is -1.36. The number of carbonyl (C=O) groups excluding carboxylic acids is 1. The Morgan fingerprint density at radius 2 is 2.21 bits per heavy atom. The molecule has 4 rings (SSSR count). The van der Waals surface area contributed by atoms with Gasteiger partial charge in [-0.2, -0.15) is 5.26 Å². The van der Waals surface area contributed by atoms with Crippen LogP contribution < -0.4 is 5.32 Å². The number of hydrogen-bond acceptors (Lipinski definition) is 5. The molecule has 9 heteroatoms. The number of nitrogens with one attached hydrogen (secondary N) is 1. The molecule has 0 saturated heterocycles. The van der Waals surface area contributed by atoms with Gasteiger partial charge in [0.15, 0.2) is 0 Å². The van der Waals surface area contributed by atoms with Gasteiger partial charge in [-0.25, -0.2) is 13.8 Å². The van der Waals surface area contributed by atoms with Gasteiger partial charge in [0.1, 0.15) is 29.8 Å². The summed E-state index contributed by atoms with van der Waals surface area (Å²) in [5, 5.41) is 23.1. The van der Waals surface area contributed by atoms with E-state index in [1.165, 1.54) is 23.5 Å². The predicted octanol–water partition coefficient (Wildman–Crippen LogP) is 3.99. The number of ether oxygens (including phenoxy) is 1. The number of fused-ring (bicyclic) bond motifs is 1. The molecule has 1 aliphatic rings. The van der Waals surface area contributed by atoms with Gasteiger partial charge >= 0.3 is 6.09 Å². The summed E-state index contributed by atoms with van der Waals surface area (Å²) in [6.07, 6.45) is -1.36. The smallest absolute Gasteiger partial charge is 0.417 e. The van der Waals surface area contributed by atoms with Gasteiger partial charge in [0.25, 0.3) is 5.91 Å². The Kier molecular flexibility index (Phi) is 4.45. The Labute approximate surface area is 168 Å². The maximum absolute atomic E-state index is 15.1. The molecule has 2 N–H and O–H groups in total. The van der Waals surface area contributed by atoms with Crippen LogP contribution in [0.4, 0.5) is 14.9 Å². The Hall–Kier alpha value is -3.48. The van der Waals surface area contributed by atoms with Gasteiger partial charge < -0.3 is 15.2 Å². The maximum Gasteiger partial charge on any atom is 0.417 e. The number of nitriles is 1. The van der Waals surface area contributed by atoms with Crippen molar-refractivity contribution in [2.24, 2.45) is 0 Å². The van der Waals surface area contributed by atoms with E-state index in [4.69, 9.17) is 4.74 Å². The van der Waals surface area contributed by atoms with Crippen LogP contribution in [0.15, 0.2) is 41.8 Å². The Bertz CT molecular complexity index is 1180. The molecule has 0 aliphatic carbocycles. The van der Waals surface area contributed by atoms with Crippen LogP contribution in [-0.4, -0.2) is 28.3 Å². The van der Waals surface area contributed by atoms with Crippen LogP contribution in [0.1, 0.15) is 23.1 Å². The fourth-order valence-corrected chi connectivity index (χ4v) is 4.28. The van der Waals surface area contributed by atoms with Gasteiger partial charge in [-0.05, 0) is 42.6 Å². The van der Waals surface area contributed by atoms with Gasteiger partial charge in [-0.15, -0.1) is 11.3 Å². The fourth-order valence-electron chi connectivity index (χ4n) is 3.43. The van der Waals surface area contributed by atoms with E-state index in [9.17, 15) is 20.0 Å². The second-order valence-electron chi connectivity index (χ2n) is 6.56. The summed E-state index contributed by atoms with van der Waals surface area (Å²) in [5.74, 6) is -1.21. The van der Waals surface area contributed by atoms with Crippen molar-refractivity contribution >= 4 is 29.0 Å². The number of anilines is 1. The SMILES string of the molecule is CC1(c2cccs2)OCC(=O)Nc2c(F)cc(-c3ccc(C#N)n3C(=O)O)cc21. The van der Waals surface area contributed by atoms with Crippen molar-refractivity contribution < 1.29 is 23.8 Å². The van der Waals surface area contributed by atoms with Crippen LogP contribution in [-0.2, 0) is 15.1 Å². The van der Waals surface area contributed by atoms with E-state index in [0.717, 1.165) is 15.5 Å². The molecule has 2 aromatic heterocycles. The molecule has 1 unspecified atom stereocenters. The predicted molar refractivity (Wildman–Crippen MR) is 103 cm³/mol. The number of carbonyl (C=O) groups is 2. The number of carboxylic acid groups (broad SMARTS) is 1. The molecule has 7 nitrogen and oxygen atoms in total. The number of hydrogen-bond donors (Lipinski definition) is 2. The van der Waals surface area contributed by atoms with Crippen LogP contribution in [0.3, 0.4) is 0 Å². The minimum Gasteiger partial charge on any atom is -0.464 e. The first-order valence-corrected chi connectivity index (χ1v) is 9.40. The highest BCUT2D eigenvalue weighted by atomic mass is 32.1. The zero-order valence-corrected chi connectivity index (χ0v) is 15.9. The highest BCUT2D eigenvalue weighted by Gasteiger charge is 2.38. The van der Waals surface area contributed by atoms with E-state index in [0.29, 0.717) is 5.56 Å². The topological polar surface area (TPSA) is 104 Å². The van der Waals surface area contributed by atoms with Crippen LogP contribution in [0.2, 0.25) is 0 Å². The first kappa shape index (κ1) is 18.9. The van der Waals surface area contributed by atoms with E-state index < -0.39 is 23.4 Å². The molecule has 1 aromatic carbocycles. The van der Waals surface area contributed by atoms with E-state index >= 15 is 4.39 Å². The third-order valence-electron chi connectivity index (χ3n) is 4.83. The van der Waals surface area contributed by atoms with E-state index in [-0.39, 0.29) is 29.2 Å². The second kappa shape index (κ2) is 6.84. The molecule has 1 atom stereocenters. The molecule has 3 aromatic rings. The molecule has 1 amide bonds. The van der Waals surface area contributed by atoms with Crippen molar-refractivity contribution in [3.05, 3.63) is 63.7 Å². The number of halogens is 1. The largest absolute Gasteiger partial charge is 0.464 e. The Morgan fingerprint density at radius 3 is 2.86 bits per heavy atom. The molecular formula is C20H14FN3O4S. The highest BCUT2D eigenvalue weighted by molar-refractivity contribution is 7.10. The molecule has 3 heterocycles. The lowest BCUT2D eigenvalue weighted by molar-refractivity contribution is -0.124. The van der Waals surface area contributed by atoms with Crippen LogP contribution in [0, 0.1) is 17.1 Å². The first-order chi connectivity index (χ1) is 13.8. The van der Waals surface area contributed by atoms with Crippen molar-refractivity contribution in [2.75, 3.05) is 11.9 Å². The van der Waals surface area contributed by atoms with Crippen LogP contribution in [0.25, 0.3) is 11.3 Å². The summed E-state index contributed by atoms with van der Waals surface area (Å²) < 4.78 is 21.8. The molecule has 29 heavy (non-hydrogen) atoms. The quantitative estimate of drug-likeness (QED) is 0.664. The summed E-state index contributed by atoms with van der Waals surface area (Å²) in [6.45, 7) is 1.47. The summed E-state index contributed by atoms with van der Waals surface area (Å²) in [7, 11) is 0. The summed E-state index contributed by atoms with van der Waals surface area (Å²) >= 11 is 1.40. The number of aromatic nitrogens is 1. The van der Waals surface area contributed by atoms with Gasteiger partial charge in [-0.3, -0.25) is 4.79 Å². The van der Waals surface area contributed by atoms with E-state index in [1.807, 2.05) is 17.5 Å². The molecule has 0 fully saturated rings. The monoisotopic (exact) mass is 411 g/mol. The Morgan fingerprint density at radius 1 is 1.41 bits per heavy atom. The van der Waals surface area contributed by atoms with Crippen LogP contribution in [0.5, 0.6) is 0 Å². The van der Waals surface area contributed by atoms with Gasteiger partial charge in [0, 0.05) is 16.0 Å². The molecule has 146 valence electrons. The minimum absolute atomic E-state index is 0.0129. The van der Waals surface area contributed by atoms with E-state index in [2.05, 4.69) is 5.32 Å². The van der Waals surface area contributed by atoms with Crippen molar-refractivity contribution in [2.45, 2.75) is 12.5 Å². The first-order valence-electron chi connectivity index (χ1n) is 8.52. The number of benzene rings is 1. The lowest BCUT2D eigenvalue weighted by Gasteiger charge is -2.29. The van der Waals surface area contributed by atoms with Crippen molar-refractivity contribution in [3.8, 4) is 17.3 Å². The zero-order valence-electron chi connectivity index (χ0n) is 15.1. The third-order valence-corrected chi connectivity index (χ3v) is 5.91. The average molecular weight is 411 g/mol. The third kappa shape index (κ3) is 2.99.